The molecule has 0 aromatic heterocycles. The fourth-order valence-corrected chi connectivity index (χ4v) is 3.91. The zero-order valence-electron chi connectivity index (χ0n) is 15.5. The topological polar surface area (TPSA) is 46.2 Å². The highest BCUT2D eigenvalue weighted by atomic mass is 32.2. The molecule has 3 nitrogen and oxygen atoms in total. The normalized spacial score (nSPS) is 13.0. The molecule has 0 saturated carbocycles. The van der Waals surface area contributed by atoms with Crippen LogP contribution < -0.4 is 5.32 Å². The van der Waals surface area contributed by atoms with E-state index in [1.54, 1.807) is 18.2 Å². The maximum atomic E-state index is 12.7. The molecule has 0 spiro atoms. The number of carbonyl (C=O) groups excluding carboxylic acids is 1. The Morgan fingerprint density at radius 3 is 2.15 bits per heavy atom. The van der Waals surface area contributed by atoms with Crippen molar-refractivity contribution < 1.29 is 9.00 Å². The number of amides is 1. The van der Waals surface area contributed by atoms with Crippen molar-refractivity contribution in [3.63, 3.8) is 0 Å². The maximum absolute atomic E-state index is 12.7. The van der Waals surface area contributed by atoms with Crippen molar-refractivity contribution in [2.24, 2.45) is 0 Å². The third kappa shape index (κ3) is 4.52. The minimum absolute atomic E-state index is 0.148. The molecule has 0 heterocycles. The van der Waals surface area contributed by atoms with E-state index in [0.29, 0.717) is 16.2 Å². The highest BCUT2D eigenvalue weighted by molar-refractivity contribution is 7.85. The van der Waals surface area contributed by atoms with E-state index in [1.165, 1.54) is 0 Å². The van der Waals surface area contributed by atoms with Gasteiger partial charge in [-0.3, -0.25) is 9.00 Å². The van der Waals surface area contributed by atoms with Crippen LogP contribution in [0.3, 0.4) is 0 Å². The lowest BCUT2D eigenvalue weighted by Crippen LogP contribution is -2.27. The van der Waals surface area contributed by atoms with Crippen LogP contribution in [-0.4, -0.2) is 15.9 Å². The number of nitrogens with one attached hydrogen (secondary N) is 1. The van der Waals surface area contributed by atoms with Crippen LogP contribution in [0.5, 0.6) is 0 Å². The summed E-state index contributed by atoms with van der Waals surface area (Å²) in [6, 6.07) is 25.3. The van der Waals surface area contributed by atoms with Crippen molar-refractivity contribution in [2.45, 2.75) is 24.8 Å². The summed E-state index contributed by atoms with van der Waals surface area (Å²) in [7, 11) is -1.17. The van der Waals surface area contributed by atoms with Gasteiger partial charge in [-0.15, -0.1) is 0 Å². The molecule has 0 fully saturated rings. The molecule has 138 valence electrons. The summed E-state index contributed by atoms with van der Waals surface area (Å²) in [5.41, 5.74) is 3.81. The summed E-state index contributed by atoms with van der Waals surface area (Å²) < 4.78 is 12.2. The molecule has 0 bridgehead atoms. The molecule has 0 aliphatic heterocycles. The third-order valence-corrected chi connectivity index (χ3v) is 5.88. The van der Waals surface area contributed by atoms with Crippen molar-refractivity contribution in [3.05, 3.63) is 90.0 Å². The van der Waals surface area contributed by atoms with E-state index >= 15 is 0 Å². The largest absolute Gasteiger partial charge is 0.345 e. The van der Waals surface area contributed by atoms with Crippen LogP contribution in [0.25, 0.3) is 11.1 Å². The standard InChI is InChI=1S/C23H23NO2S/c1-3-27(26)22-12-8-7-11-21(22)23(25)24-17(2)18-13-15-20(16-14-18)19-9-5-4-6-10-19/h4-17H,3H2,1-2H3,(H,24,25)/t17-,27+/m0/s1. The van der Waals surface area contributed by atoms with E-state index in [2.05, 4.69) is 29.6 Å². The smallest absolute Gasteiger partial charge is 0.252 e. The minimum atomic E-state index is -1.17. The van der Waals surface area contributed by atoms with Crippen molar-refractivity contribution in [1.29, 1.82) is 0 Å². The predicted octanol–water partition coefficient (Wildman–Crippen LogP) is 4.97. The first-order valence-corrected chi connectivity index (χ1v) is 10.4. The second-order valence-corrected chi connectivity index (χ2v) is 8.02. The zero-order valence-corrected chi connectivity index (χ0v) is 16.3. The highest BCUT2D eigenvalue weighted by Gasteiger charge is 2.17. The van der Waals surface area contributed by atoms with Gasteiger partial charge in [0.1, 0.15) is 0 Å². The monoisotopic (exact) mass is 377 g/mol. The zero-order chi connectivity index (χ0) is 19.2. The predicted molar refractivity (Wildman–Crippen MR) is 111 cm³/mol. The molecule has 1 N–H and O–H groups in total. The molecule has 0 radical (unpaired) electrons. The van der Waals surface area contributed by atoms with Crippen LogP contribution in [0, 0.1) is 0 Å². The molecule has 0 aliphatic rings. The number of carbonyl (C=O) groups is 1. The Labute approximate surface area is 162 Å². The van der Waals surface area contributed by atoms with Gasteiger partial charge in [0.2, 0.25) is 0 Å². The second-order valence-electron chi connectivity index (χ2n) is 6.31. The maximum Gasteiger partial charge on any atom is 0.252 e. The molecule has 4 heteroatoms. The van der Waals surface area contributed by atoms with Crippen LogP contribution in [0.2, 0.25) is 0 Å². The molecule has 27 heavy (non-hydrogen) atoms. The fraction of sp³-hybridized carbons (Fsp3) is 0.174. The summed E-state index contributed by atoms with van der Waals surface area (Å²) in [6.45, 7) is 3.80. The van der Waals surface area contributed by atoms with Gasteiger partial charge in [-0.05, 0) is 35.7 Å². The molecular weight excluding hydrogens is 354 g/mol. The quantitative estimate of drug-likeness (QED) is 0.659. The Balaban J connectivity index is 1.75. The second kappa shape index (κ2) is 8.78. The molecule has 2 atom stereocenters. The van der Waals surface area contributed by atoms with Crippen molar-refractivity contribution in [3.8, 4) is 11.1 Å². The van der Waals surface area contributed by atoms with E-state index in [1.807, 2.05) is 50.2 Å². The van der Waals surface area contributed by atoms with Gasteiger partial charge in [0.15, 0.2) is 0 Å². The third-order valence-electron chi connectivity index (χ3n) is 4.50. The number of rotatable bonds is 6. The molecule has 3 rings (SSSR count). The first-order valence-electron chi connectivity index (χ1n) is 9.03. The van der Waals surface area contributed by atoms with Crippen LogP contribution in [-0.2, 0) is 10.8 Å². The number of hydrogen-bond acceptors (Lipinski definition) is 2. The van der Waals surface area contributed by atoms with Gasteiger partial charge in [-0.2, -0.15) is 0 Å². The Hall–Kier alpha value is -2.72. The average molecular weight is 378 g/mol. The highest BCUT2D eigenvalue weighted by Crippen LogP contribution is 2.22. The van der Waals surface area contributed by atoms with Crippen LogP contribution in [0.15, 0.2) is 83.8 Å². The summed E-state index contributed by atoms with van der Waals surface area (Å²) in [4.78, 5) is 13.3. The van der Waals surface area contributed by atoms with E-state index < -0.39 is 10.8 Å². The van der Waals surface area contributed by atoms with Gasteiger partial charge < -0.3 is 5.32 Å². The first kappa shape index (κ1) is 19.1. The van der Waals surface area contributed by atoms with Crippen LogP contribution in [0.4, 0.5) is 0 Å². The van der Waals surface area contributed by atoms with Gasteiger partial charge in [-0.1, -0.05) is 73.7 Å². The van der Waals surface area contributed by atoms with E-state index in [4.69, 9.17) is 0 Å². The van der Waals surface area contributed by atoms with Crippen LogP contribution in [0.1, 0.15) is 35.8 Å². The van der Waals surface area contributed by atoms with E-state index in [-0.39, 0.29) is 11.9 Å². The number of hydrogen-bond donors (Lipinski definition) is 1. The summed E-state index contributed by atoms with van der Waals surface area (Å²) in [6.07, 6.45) is 0. The van der Waals surface area contributed by atoms with Gasteiger partial charge in [-0.25, -0.2) is 0 Å². The Morgan fingerprint density at radius 2 is 1.48 bits per heavy atom. The van der Waals surface area contributed by atoms with E-state index in [9.17, 15) is 9.00 Å². The van der Waals surface area contributed by atoms with Gasteiger partial charge in [0.25, 0.3) is 5.91 Å². The molecule has 1 amide bonds. The summed E-state index contributed by atoms with van der Waals surface area (Å²) in [5.74, 6) is 0.285. The van der Waals surface area contributed by atoms with Crippen molar-refractivity contribution >= 4 is 16.7 Å². The van der Waals surface area contributed by atoms with E-state index in [0.717, 1.165) is 16.7 Å². The number of benzene rings is 3. The lowest BCUT2D eigenvalue weighted by Gasteiger charge is -2.16. The van der Waals surface area contributed by atoms with Crippen LogP contribution >= 0.6 is 0 Å². The fourth-order valence-electron chi connectivity index (χ4n) is 2.96. The Bertz CT molecular complexity index is 936. The lowest BCUT2D eigenvalue weighted by atomic mass is 10.0. The Kier molecular flexibility index (Phi) is 6.20. The molecule has 0 aliphatic carbocycles. The molecule has 3 aromatic rings. The summed E-state index contributed by atoms with van der Waals surface area (Å²) >= 11 is 0. The van der Waals surface area contributed by atoms with Crippen molar-refractivity contribution in [2.75, 3.05) is 5.75 Å². The van der Waals surface area contributed by atoms with Gasteiger partial charge in [0, 0.05) is 5.75 Å². The molecule has 0 unspecified atom stereocenters. The van der Waals surface area contributed by atoms with Gasteiger partial charge in [0.05, 0.1) is 27.3 Å². The van der Waals surface area contributed by atoms with Gasteiger partial charge >= 0.3 is 0 Å². The molecule has 0 saturated heterocycles. The SMILES string of the molecule is CC[S@@](=O)c1ccccc1C(=O)N[C@@H](C)c1ccc(-c2ccccc2)cc1. The van der Waals surface area contributed by atoms with Crippen molar-refractivity contribution in [1.82, 2.24) is 5.32 Å². The Morgan fingerprint density at radius 1 is 0.889 bits per heavy atom. The first-order chi connectivity index (χ1) is 13.1. The summed E-state index contributed by atoms with van der Waals surface area (Å²) in [5, 5.41) is 3.02. The lowest BCUT2D eigenvalue weighted by molar-refractivity contribution is 0.0936. The minimum Gasteiger partial charge on any atom is -0.345 e. The molecule has 3 aromatic carbocycles. The molecular formula is C23H23NO2S. The average Bonchev–Trinajstić information content (AvgIpc) is 2.73.